The summed E-state index contributed by atoms with van der Waals surface area (Å²) < 4.78 is 12.0. The van der Waals surface area contributed by atoms with E-state index in [4.69, 9.17) is 15.2 Å². The van der Waals surface area contributed by atoms with E-state index in [2.05, 4.69) is 24.5 Å². The van der Waals surface area contributed by atoms with Gasteiger partial charge in [0.25, 0.3) is 0 Å². The fraction of sp³-hybridized carbons (Fsp3) is 0.750. The van der Waals surface area contributed by atoms with Crippen molar-refractivity contribution in [2.45, 2.75) is 130 Å². The second-order valence-corrected chi connectivity index (χ2v) is 15.7. The highest BCUT2D eigenvalue weighted by atomic mass is 16.5. The molecule has 4 amide bonds. The van der Waals surface area contributed by atoms with Crippen LogP contribution >= 0.6 is 0 Å². The summed E-state index contributed by atoms with van der Waals surface area (Å²) in [6, 6.07) is 7.09. The van der Waals surface area contributed by atoms with Gasteiger partial charge in [0.1, 0.15) is 6.04 Å². The van der Waals surface area contributed by atoms with Crippen molar-refractivity contribution in [2.75, 3.05) is 41.9 Å². The minimum absolute atomic E-state index is 0.00512. The Bertz CT molecular complexity index is 1270. The van der Waals surface area contributed by atoms with Gasteiger partial charge in [-0.15, -0.1) is 0 Å². The van der Waals surface area contributed by atoms with Gasteiger partial charge in [-0.2, -0.15) is 0 Å². The lowest BCUT2D eigenvalue weighted by atomic mass is 9.89. The number of ether oxygens (including phenoxy) is 2. The molecule has 3 unspecified atom stereocenters. The number of rotatable bonds is 20. The van der Waals surface area contributed by atoms with Crippen LogP contribution in [0, 0.1) is 23.7 Å². The van der Waals surface area contributed by atoms with Crippen molar-refractivity contribution in [2.24, 2.45) is 29.4 Å². The van der Waals surface area contributed by atoms with E-state index >= 15 is 0 Å². The molecule has 296 valence electrons. The second kappa shape index (κ2) is 21.0. The summed E-state index contributed by atoms with van der Waals surface area (Å²) in [4.78, 5) is 60.7. The number of benzene rings is 1. The van der Waals surface area contributed by atoms with Gasteiger partial charge in [0.05, 0.1) is 42.7 Å². The summed E-state index contributed by atoms with van der Waals surface area (Å²) in [7, 11) is 8.62. The smallest absolute Gasteiger partial charge is 0.245 e. The number of hydrogen-bond acceptors (Lipinski definition) is 8. The van der Waals surface area contributed by atoms with E-state index in [9.17, 15) is 19.2 Å². The van der Waals surface area contributed by atoms with Gasteiger partial charge >= 0.3 is 0 Å². The van der Waals surface area contributed by atoms with Crippen LogP contribution in [-0.2, 0) is 28.7 Å². The quantitative estimate of drug-likeness (QED) is 0.184. The summed E-state index contributed by atoms with van der Waals surface area (Å²) in [5.41, 5.74) is 7.40. The van der Waals surface area contributed by atoms with E-state index in [1.54, 1.807) is 26.2 Å². The highest BCUT2D eigenvalue weighted by Crippen LogP contribution is 2.30. The lowest BCUT2D eigenvalue weighted by Gasteiger charge is -2.41. The molecule has 10 atom stereocenters. The van der Waals surface area contributed by atoms with Crippen molar-refractivity contribution in [1.29, 1.82) is 0 Å². The topological polar surface area (TPSA) is 147 Å². The maximum Gasteiger partial charge on any atom is 0.245 e. The number of likely N-dealkylation sites (N-methyl/N-ethyl adjacent to an activating group) is 2. The fourth-order valence-corrected chi connectivity index (χ4v) is 7.82. The first-order chi connectivity index (χ1) is 24.4. The lowest BCUT2D eigenvalue weighted by Crippen LogP contribution is -2.59. The van der Waals surface area contributed by atoms with Crippen LogP contribution in [0.2, 0.25) is 0 Å². The van der Waals surface area contributed by atoms with Crippen LogP contribution in [0.5, 0.6) is 0 Å². The molecule has 2 rings (SSSR count). The number of nitrogens with two attached hydrogens (primary N) is 1. The van der Waals surface area contributed by atoms with E-state index in [1.807, 2.05) is 95.8 Å². The maximum atomic E-state index is 14.2. The van der Waals surface area contributed by atoms with Crippen molar-refractivity contribution in [3.05, 3.63) is 35.9 Å². The van der Waals surface area contributed by atoms with Crippen LogP contribution in [0.3, 0.4) is 0 Å². The van der Waals surface area contributed by atoms with Gasteiger partial charge in [-0.1, -0.05) is 85.2 Å². The molecule has 1 heterocycles. The SMILES string of the molecule is CCC(C)[C@@H]([C@@H](CC(=O)N1CCCC1[C@H](OC)[C@@H](C)C(=O)N[C@H](C)C(N)c1ccccc1)OC)N(C)C(=O)[C@@H](NC(=O)[C@H](C(C)C)N(C)C)C(C)C. The van der Waals surface area contributed by atoms with Gasteiger partial charge < -0.3 is 35.6 Å². The Kier molecular flexibility index (Phi) is 18.2. The third-order valence-electron chi connectivity index (χ3n) is 11.0. The number of methoxy groups -OCH3 is 2. The van der Waals surface area contributed by atoms with Crippen molar-refractivity contribution in [3.8, 4) is 0 Å². The second-order valence-electron chi connectivity index (χ2n) is 15.7. The van der Waals surface area contributed by atoms with Crippen LogP contribution in [-0.4, -0.2) is 123 Å². The Morgan fingerprint density at radius 1 is 0.904 bits per heavy atom. The van der Waals surface area contributed by atoms with Gasteiger partial charge in [0, 0.05) is 39.9 Å². The molecule has 4 N–H and O–H groups in total. The molecule has 1 saturated heterocycles. The highest BCUT2D eigenvalue weighted by molar-refractivity contribution is 5.90. The predicted molar refractivity (Wildman–Crippen MR) is 206 cm³/mol. The first kappa shape index (κ1) is 45.1. The summed E-state index contributed by atoms with van der Waals surface area (Å²) in [6.07, 6.45) is 1.15. The summed E-state index contributed by atoms with van der Waals surface area (Å²) in [5, 5.41) is 6.11. The zero-order valence-electron chi connectivity index (χ0n) is 34.2. The molecule has 12 nitrogen and oxygen atoms in total. The summed E-state index contributed by atoms with van der Waals surface area (Å²) >= 11 is 0. The normalized spacial score (nSPS) is 20.1. The van der Waals surface area contributed by atoms with E-state index in [-0.39, 0.29) is 72.0 Å². The minimum Gasteiger partial charge on any atom is -0.379 e. The van der Waals surface area contributed by atoms with E-state index in [0.29, 0.717) is 13.0 Å². The lowest BCUT2D eigenvalue weighted by molar-refractivity contribution is -0.148. The van der Waals surface area contributed by atoms with Crippen molar-refractivity contribution in [3.63, 3.8) is 0 Å². The first-order valence-corrected chi connectivity index (χ1v) is 19.1. The molecule has 0 aromatic heterocycles. The number of carbonyl (C=O) groups is 4. The number of nitrogens with zero attached hydrogens (tertiary/aromatic N) is 3. The average molecular weight is 731 g/mol. The summed E-state index contributed by atoms with van der Waals surface area (Å²) in [6.45, 7) is 16.2. The van der Waals surface area contributed by atoms with Crippen LogP contribution in [0.4, 0.5) is 0 Å². The zero-order chi connectivity index (χ0) is 39.4. The molecule has 1 fully saturated rings. The van der Waals surface area contributed by atoms with Crippen molar-refractivity contribution in [1.82, 2.24) is 25.3 Å². The molecule has 52 heavy (non-hydrogen) atoms. The van der Waals surface area contributed by atoms with Gasteiger partial charge in [0.2, 0.25) is 23.6 Å². The predicted octanol–water partition coefficient (Wildman–Crippen LogP) is 3.84. The first-order valence-electron chi connectivity index (χ1n) is 19.1. The molecule has 0 radical (unpaired) electrons. The molecule has 1 aliphatic heterocycles. The average Bonchev–Trinajstić information content (AvgIpc) is 3.59. The molecule has 0 saturated carbocycles. The molecular formula is C40H70N6O6. The summed E-state index contributed by atoms with van der Waals surface area (Å²) in [5.74, 6) is -1.37. The molecular weight excluding hydrogens is 660 g/mol. The number of amides is 4. The Morgan fingerprint density at radius 2 is 1.52 bits per heavy atom. The molecule has 1 aromatic carbocycles. The van der Waals surface area contributed by atoms with Crippen LogP contribution < -0.4 is 16.4 Å². The van der Waals surface area contributed by atoms with Gasteiger partial charge in [-0.25, -0.2) is 0 Å². The Hall–Kier alpha value is -3.06. The maximum absolute atomic E-state index is 14.2. The number of carbonyl (C=O) groups excluding carboxylic acids is 4. The van der Waals surface area contributed by atoms with Gasteiger partial charge in [-0.05, 0) is 57.2 Å². The van der Waals surface area contributed by atoms with Crippen LogP contribution in [0.1, 0.15) is 92.7 Å². The zero-order valence-corrected chi connectivity index (χ0v) is 34.2. The Morgan fingerprint density at radius 3 is 2.02 bits per heavy atom. The third-order valence-corrected chi connectivity index (χ3v) is 11.0. The van der Waals surface area contributed by atoms with Gasteiger partial charge in [-0.3, -0.25) is 24.1 Å². The third kappa shape index (κ3) is 11.5. The molecule has 1 aliphatic rings. The number of hydrogen-bond donors (Lipinski definition) is 3. The number of likely N-dealkylation sites (tertiary alicyclic amines) is 1. The van der Waals surface area contributed by atoms with Crippen LogP contribution in [0.15, 0.2) is 30.3 Å². The van der Waals surface area contributed by atoms with Gasteiger partial charge in [0.15, 0.2) is 0 Å². The molecule has 1 aromatic rings. The highest BCUT2D eigenvalue weighted by Gasteiger charge is 2.43. The Labute approximate surface area is 313 Å². The largest absolute Gasteiger partial charge is 0.379 e. The molecule has 0 spiro atoms. The Balaban J connectivity index is 2.25. The minimum atomic E-state index is -0.749. The monoisotopic (exact) mass is 731 g/mol. The van der Waals surface area contributed by atoms with E-state index in [0.717, 1.165) is 18.4 Å². The molecule has 12 heteroatoms. The van der Waals surface area contributed by atoms with Crippen molar-refractivity contribution >= 4 is 23.6 Å². The standard InChI is InChI=1S/C40H70N6O6/c1-14-26(6)36(45(11)40(50)34(24(2)3)43-39(49)35(25(4)5)44(9)10)31(51-12)23-32(47)46-22-18-21-30(46)37(52-13)27(7)38(48)42-28(8)33(41)29-19-16-15-17-20-29/h15-17,19-20,24-28,30-31,33-37H,14,18,21-23,41H2,1-13H3,(H,42,48)(H,43,49)/t26?,27-,28-,30?,31-,33?,34+,35+,36+,37-/m1/s1. The van der Waals surface area contributed by atoms with Crippen LogP contribution in [0.25, 0.3) is 0 Å². The van der Waals surface area contributed by atoms with E-state index in [1.165, 1.54) is 0 Å². The van der Waals surface area contributed by atoms with E-state index < -0.39 is 30.2 Å². The number of nitrogens with one attached hydrogen (secondary N) is 2. The fourth-order valence-electron chi connectivity index (χ4n) is 7.82. The molecule has 0 bridgehead atoms. The molecule has 0 aliphatic carbocycles. The van der Waals surface area contributed by atoms with Crippen molar-refractivity contribution < 1.29 is 28.7 Å².